The fraction of sp³-hybridized carbons (Fsp3) is 0.208. The first-order chi connectivity index (χ1) is 15.9. The van der Waals surface area contributed by atoms with Crippen molar-refractivity contribution in [3.8, 4) is 16.9 Å². The van der Waals surface area contributed by atoms with E-state index >= 15 is 0 Å². The lowest BCUT2D eigenvalue weighted by Gasteiger charge is -2.14. The van der Waals surface area contributed by atoms with Crippen LogP contribution in [0.2, 0.25) is 0 Å². The van der Waals surface area contributed by atoms with Crippen LogP contribution in [0.25, 0.3) is 16.9 Å². The highest BCUT2D eigenvalue weighted by atomic mass is 32.2. The van der Waals surface area contributed by atoms with Gasteiger partial charge < -0.3 is 5.32 Å². The summed E-state index contributed by atoms with van der Waals surface area (Å²) < 4.78 is 27.2. The minimum absolute atomic E-state index is 0.0249. The molecular formula is C24H23N5O3S. The first kappa shape index (κ1) is 21.1. The number of benzene rings is 2. The van der Waals surface area contributed by atoms with Gasteiger partial charge in [0.25, 0.3) is 5.91 Å². The summed E-state index contributed by atoms with van der Waals surface area (Å²) in [7, 11) is -3.09. The van der Waals surface area contributed by atoms with Gasteiger partial charge in [-0.1, -0.05) is 48.5 Å². The third kappa shape index (κ3) is 4.31. The first-order valence-corrected chi connectivity index (χ1v) is 12.5. The maximum atomic E-state index is 13.4. The fourth-order valence-corrected chi connectivity index (χ4v) is 5.79. The molecule has 0 aliphatic carbocycles. The molecule has 0 radical (unpaired) electrons. The zero-order valence-corrected chi connectivity index (χ0v) is 18.9. The molecule has 0 spiro atoms. The maximum absolute atomic E-state index is 13.4. The van der Waals surface area contributed by atoms with E-state index < -0.39 is 9.84 Å². The summed E-state index contributed by atoms with van der Waals surface area (Å²) in [4.78, 5) is 13.4. The van der Waals surface area contributed by atoms with E-state index in [1.807, 2.05) is 67.6 Å². The van der Waals surface area contributed by atoms with Gasteiger partial charge in [0.1, 0.15) is 11.5 Å². The molecule has 0 bridgehead atoms. The first-order valence-electron chi connectivity index (χ1n) is 10.7. The van der Waals surface area contributed by atoms with Gasteiger partial charge in [0.2, 0.25) is 0 Å². The minimum Gasteiger partial charge on any atom is -0.305 e. The molecule has 8 nitrogen and oxygen atoms in total. The molecule has 4 aromatic rings. The smallest absolute Gasteiger partial charge is 0.275 e. The van der Waals surface area contributed by atoms with Crippen LogP contribution < -0.4 is 5.32 Å². The second-order valence-corrected chi connectivity index (χ2v) is 10.4. The third-order valence-corrected chi connectivity index (χ3v) is 7.42. The average molecular weight is 462 g/mol. The molecule has 5 rings (SSSR count). The molecule has 1 amide bonds. The van der Waals surface area contributed by atoms with Crippen LogP contribution in [0, 0.1) is 6.92 Å². The van der Waals surface area contributed by atoms with Gasteiger partial charge in [-0.05, 0) is 31.5 Å². The molecule has 2 aromatic carbocycles. The summed E-state index contributed by atoms with van der Waals surface area (Å²) in [6.07, 6.45) is 0.479. The standard InChI is InChI=1S/C24H23N5O3S/c1-17-14-23(29(26-17)20-12-13-33(31,32)16-20)25-24(30)22-15-21(18-8-4-2-5-9-18)27-28(22)19-10-6-3-7-11-19/h2-11,14-15,20H,12-13,16H2,1H3,(H,25,30)/t20-/m1/s1. The quantitative estimate of drug-likeness (QED) is 0.489. The number of hydrogen-bond acceptors (Lipinski definition) is 5. The van der Waals surface area contributed by atoms with Crippen LogP contribution in [0.4, 0.5) is 5.82 Å². The molecule has 3 heterocycles. The Morgan fingerprint density at radius 2 is 1.70 bits per heavy atom. The van der Waals surface area contributed by atoms with Gasteiger partial charge in [-0.25, -0.2) is 17.8 Å². The van der Waals surface area contributed by atoms with Crippen LogP contribution in [0.3, 0.4) is 0 Å². The summed E-state index contributed by atoms with van der Waals surface area (Å²) in [5.74, 6) is 0.277. The van der Waals surface area contributed by atoms with Crippen LogP contribution in [0.15, 0.2) is 72.8 Å². The van der Waals surface area contributed by atoms with Gasteiger partial charge in [0.05, 0.1) is 34.6 Å². The predicted molar refractivity (Wildman–Crippen MR) is 126 cm³/mol. The lowest BCUT2D eigenvalue weighted by Crippen LogP contribution is -2.21. The normalized spacial score (nSPS) is 17.2. The Morgan fingerprint density at radius 1 is 1.00 bits per heavy atom. The molecule has 9 heteroatoms. The van der Waals surface area contributed by atoms with Crippen molar-refractivity contribution in [1.29, 1.82) is 0 Å². The highest BCUT2D eigenvalue weighted by molar-refractivity contribution is 7.91. The van der Waals surface area contributed by atoms with Gasteiger partial charge in [-0.2, -0.15) is 10.2 Å². The summed E-state index contributed by atoms with van der Waals surface area (Å²) in [5.41, 5.74) is 3.41. The Hall–Kier alpha value is -3.72. The highest BCUT2D eigenvalue weighted by Gasteiger charge is 2.31. The number of aryl methyl sites for hydroxylation is 1. The van der Waals surface area contributed by atoms with E-state index in [4.69, 9.17) is 5.10 Å². The van der Waals surface area contributed by atoms with E-state index in [0.717, 1.165) is 11.3 Å². The maximum Gasteiger partial charge on any atom is 0.275 e. The topological polar surface area (TPSA) is 98.9 Å². The lowest BCUT2D eigenvalue weighted by molar-refractivity contribution is 0.101. The Morgan fingerprint density at radius 3 is 2.36 bits per heavy atom. The summed E-state index contributed by atoms with van der Waals surface area (Å²) in [6, 6.07) is 22.3. The Balaban J connectivity index is 1.51. The van der Waals surface area contributed by atoms with Crippen molar-refractivity contribution in [2.24, 2.45) is 0 Å². The van der Waals surface area contributed by atoms with Crippen molar-refractivity contribution in [3.05, 3.63) is 84.2 Å². The fourth-order valence-electron chi connectivity index (χ4n) is 4.10. The van der Waals surface area contributed by atoms with Crippen molar-refractivity contribution in [1.82, 2.24) is 19.6 Å². The van der Waals surface area contributed by atoms with Gasteiger partial charge in [0.15, 0.2) is 9.84 Å². The molecule has 1 aliphatic heterocycles. The molecule has 1 aliphatic rings. The zero-order valence-electron chi connectivity index (χ0n) is 18.0. The molecule has 1 atom stereocenters. The summed E-state index contributed by atoms with van der Waals surface area (Å²) >= 11 is 0. The van der Waals surface area contributed by atoms with Crippen LogP contribution in [-0.2, 0) is 9.84 Å². The van der Waals surface area contributed by atoms with Crippen molar-refractivity contribution >= 4 is 21.6 Å². The number of sulfone groups is 1. The van der Waals surface area contributed by atoms with E-state index in [2.05, 4.69) is 10.4 Å². The van der Waals surface area contributed by atoms with Gasteiger partial charge in [0, 0.05) is 11.6 Å². The molecular weight excluding hydrogens is 438 g/mol. The molecule has 1 saturated heterocycles. The number of hydrogen-bond donors (Lipinski definition) is 1. The highest BCUT2D eigenvalue weighted by Crippen LogP contribution is 2.28. The van der Waals surface area contributed by atoms with Gasteiger partial charge in [-0.15, -0.1) is 0 Å². The molecule has 0 unspecified atom stereocenters. The number of carbonyl (C=O) groups excluding carboxylic acids is 1. The van der Waals surface area contributed by atoms with Crippen molar-refractivity contribution in [2.45, 2.75) is 19.4 Å². The number of carbonyl (C=O) groups is 1. The molecule has 168 valence electrons. The summed E-state index contributed by atoms with van der Waals surface area (Å²) in [5, 5.41) is 12.1. The molecule has 1 N–H and O–H groups in total. The van der Waals surface area contributed by atoms with Crippen LogP contribution in [0.5, 0.6) is 0 Å². The van der Waals surface area contributed by atoms with E-state index in [1.54, 1.807) is 21.5 Å². The van der Waals surface area contributed by atoms with Crippen LogP contribution in [0.1, 0.15) is 28.6 Å². The summed E-state index contributed by atoms with van der Waals surface area (Å²) in [6.45, 7) is 1.82. The van der Waals surface area contributed by atoms with Crippen LogP contribution in [-0.4, -0.2) is 45.4 Å². The molecule has 2 aromatic heterocycles. The van der Waals surface area contributed by atoms with E-state index in [1.165, 1.54) is 0 Å². The van der Waals surface area contributed by atoms with E-state index in [0.29, 0.717) is 29.3 Å². The second-order valence-electron chi connectivity index (χ2n) is 8.15. The lowest BCUT2D eigenvalue weighted by atomic mass is 10.1. The van der Waals surface area contributed by atoms with Crippen molar-refractivity contribution in [3.63, 3.8) is 0 Å². The Bertz CT molecular complexity index is 1410. The molecule has 0 saturated carbocycles. The van der Waals surface area contributed by atoms with Crippen LogP contribution >= 0.6 is 0 Å². The predicted octanol–water partition coefficient (Wildman–Crippen LogP) is 3.66. The van der Waals surface area contributed by atoms with E-state index in [-0.39, 0.29) is 23.5 Å². The largest absolute Gasteiger partial charge is 0.305 e. The SMILES string of the molecule is Cc1cc(NC(=O)c2cc(-c3ccccc3)nn2-c2ccccc2)n([C@@H]2CCS(=O)(=O)C2)n1. The molecule has 1 fully saturated rings. The van der Waals surface area contributed by atoms with Crippen molar-refractivity contribution in [2.75, 3.05) is 16.8 Å². The van der Waals surface area contributed by atoms with Crippen molar-refractivity contribution < 1.29 is 13.2 Å². The van der Waals surface area contributed by atoms with Gasteiger partial charge in [-0.3, -0.25) is 4.79 Å². The monoisotopic (exact) mass is 461 g/mol. The average Bonchev–Trinajstić information content (AvgIpc) is 3.51. The Kier molecular flexibility index (Phi) is 5.33. The zero-order chi connectivity index (χ0) is 23.0. The number of amides is 1. The number of aromatic nitrogens is 4. The number of rotatable bonds is 5. The number of nitrogens with one attached hydrogen (secondary N) is 1. The Labute approximate surface area is 191 Å². The second kappa shape index (κ2) is 8.32. The number of nitrogens with zero attached hydrogens (tertiary/aromatic N) is 4. The molecule has 33 heavy (non-hydrogen) atoms. The number of para-hydroxylation sites is 1. The van der Waals surface area contributed by atoms with E-state index in [9.17, 15) is 13.2 Å². The van der Waals surface area contributed by atoms with Gasteiger partial charge >= 0.3 is 0 Å². The number of anilines is 1. The third-order valence-electron chi connectivity index (χ3n) is 5.67. The minimum atomic E-state index is -3.09.